The van der Waals surface area contributed by atoms with Crippen molar-refractivity contribution in [2.75, 3.05) is 6.61 Å². The van der Waals surface area contributed by atoms with Crippen LogP contribution in [0, 0.1) is 11.8 Å². The van der Waals surface area contributed by atoms with E-state index >= 15 is 0 Å². The Balaban J connectivity index is 5.66. The number of rotatable bonds is 16. The molecule has 12 N–H and O–H groups in total. The van der Waals surface area contributed by atoms with E-state index in [2.05, 4.69) is 16.0 Å². The molecule has 16 heteroatoms. The van der Waals surface area contributed by atoms with E-state index in [-0.39, 0.29) is 0 Å². The van der Waals surface area contributed by atoms with Crippen LogP contribution in [0.2, 0.25) is 0 Å². The minimum atomic E-state index is -1.70. The minimum absolute atomic E-state index is 0.447. The summed E-state index contributed by atoms with van der Waals surface area (Å²) < 4.78 is 0. The normalized spacial score (nSPS) is 15.0. The molecule has 5 atom stereocenters. The van der Waals surface area contributed by atoms with Crippen LogP contribution in [0.1, 0.15) is 40.5 Å². The van der Waals surface area contributed by atoms with E-state index in [4.69, 9.17) is 27.4 Å². The molecule has 0 heterocycles. The second kappa shape index (κ2) is 15.4. The summed E-state index contributed by atoms with van der Waals surface area (Å²) in [6, 6.07) is -7.02. The van der Waals surface area contributed by atoms with Crippen LogP contribution in [0.3, 0.4) is 0 Å². The average Bonchev–Trinajstić information content (AvgIpc) is 2.76. The van der Waals surface area contributed by atoms with E-state index < -0.39 is 103 Å². The first-order chi connectivity index (χ1) is 17.0. The molecule has 0 spiro atoms. The second-order valence-corrected chi connectivity index (χ2v) is 9.05. The molecule has 16 nitrogen and oxygen atoms in total. The van der Waals surface area contributed by atoms with Gasteiger partial charge in [-0.3, -0.25) is 28.8 Å². The molecule has 37 heavy (non-hydrogen) atoms. The number of carboxylic acids is 1. The number of hydrogen-bond donors (Lipinski definition) is 9. The Morgan fingerprint density at radius 1 is 0.649 bits per heavy atom. The van der Waals surface area contributed by atoms with Crippen molar-refractivity contribution in [2.24, 2.45) is 29.0 Å². The molecule has 0 saturated carbocycles. The Hall–Kier alpha value is -3.79. The van der Waals surface area contributed by atoms with Gasteiger partial charge in [0.2, 0.25) is 35.4 Å². The zero-order valence-corrected chi connectivity index (χ0v) is 21.1. The number of aliphatic hydroxyl groups excluding tert-OH is 1. The summed E-state index contributed by atoms with van der Waals surface area (Å²) in [7, 11) is 0. The van der Waals surface area contributed by atoms with Crippen LogP contribution < -0.4 is 38.5 Å². The minimum Gasteiger partial charge on any atom is -0.480 e. The van der Waals surface area contributed by atoms with Crippen molar-refractivity contribution in [1.82, 2.24) is 21.3 Å². The first-order valence-corrected chi connectivity index (χ1v) is 11.4. The Labute approximate surface area is 213 Å². The lowest BCUT2D eigenvalue weighted by atomic mass is 9.98. The number of nitrogens with one attached hydrogen (secondary N) is 4. The van der Waals surface area contributed by atoms with Crippen molar-refractivity contribution in [2.45, 2.75) is 70.7 Å². The maximum absolute atomic E-state index is 13.0. The molecular formula is C21H37N7O9. The number of carboxylic acid groups (broad SMARTS) is 1. The van der Waals surface area contributed by atoms with E-state index in [9.17, 15) is 33.6 Å². The molecular weight excluding hydrogens is 494 g/mol. The predicted molar refractivity (Wildman–Crippen MR) is 128 cm³/mol. The smallest absolute Gasteiger partial charge is 0.328 e. The number of primary amides is 2. The van der Waals surface area contributed by atoms with Crippen molar-refractivity contribution in [3.8, 4) is 0 Å². The summed E-state index contributed by atoms with van der Waals surface area (Å²) >= 11 is 0. The maximum Gasteiger partial charge on any atom is 0.328 e. The van der Waals surface area contributed by atoms with Gasteiger partial charge in [0.15, 0.2) is 0 Å². The summed E-state index contributed by atoms with van der Waals surface area (Å²) in [6.07, 6.45) is -1.14. The van der Waals surface area contributed by atoms with Gasteiger partial charge in [-0.1, -0.05) is 27.7 Å². The van der Waals surface area contributed by atoms with Gasteiger partial charge < -0.3 is 48.7 Å². The second-order valence-electron chi connectivity index (χ2n) is 9.05. The van der Waals surface area contributed by atoms with Crippen molar-refractivity contribution < 1.29 is 43.8 Å². The molecule has 0 aliphatic carbocycles. The summed E-state index contributed by atoms with van der Waals surface area (Å²) in [4.78, 5) is 84.2. The number of aliphatic carboxylic acids is 1. The third-order valence-electron chi connectivity index (χ3n) is 5.09. The summed E-state index contributed by atoms with van der Waals surface area (Å²) in [5, 5.41) is 27.2. The first kappa shape index (κ1) is 33.2. The van der Waals surface area contributed by atoms with Crippen LogP contribution in [0.25, 0.3) is 0 Å². The molecule has 0 radical (unpaired) electrons. The number of nitrogens with two attached hydrogens (primary N) is 3. The number of amides is 6. The molecule has 6 amide bonds. The van der Waals surface area contributed by atoms with Gasteiger partial charge in [0.05, 0.1) is 25.5 Å². The van der Waals surface area contributed by atoms with Crippen molar-refractivity contribution in [3.05, 3.63) is 0 Å². The van der Waals surface area contributed by atoms with Gasteiger partial charge in [-0.15, -0.1) is 0 Å². The third kappa shape index (κ3) is 11.7. The summed E-state index contributed by atoms with van der Waals surface area (Å²) in [5.41, 5.74) is 15.8. The zero-order chi connectivity index (χ0) is 29.0. The number of carbonyl (C=O) groups is 7. The molecule has 0 unspecified atom stereocenters. The van der Waals surface area contributed by atoms with E-state index in [1.165, 1.54) is 0 Å². The number of aliphatic hydroxyl groups is 1. The monoisotopic (exact) mass is 531 g/mol. The van der Waals surface area contributed by atoms with Gasteiger partial charge in [0.1, 0.15) is 24.2 Å². The lowest BCUT2D eigenvalue weighted by Crippen LogP contribution is -2.61. The van der Waals surface area contributed by atoms with E-state index in [0.717, 1.165) is 0 Å². The maximum atomic E-state index is 13.0. The fourth-order valence-corrected chi connectivity index (χ4v) is 3.01. The van der Waals surface area contributed by atoms with Gasteiger partial charge in [-0.05, 0) is 11.8 Å². The molecule has 0 rings (SSSR count). The summed E-state index contributed by atoms with van der Waals surface area (Å²) in [5.74, 6) is -7.96. The standard InChI is InChI=1S/C21H37N7O9/c1-8(2)15(28-20(35)16(9(3)4)27-17(32)10(22)5-13(23)30)19(34)25-11(6-14(24)31)18(33)26-12(7-29)21(36)37/h8-12,15-16,29H,5-7,22H2,1-4H3,(H2,23,30)(H2,24,31)(H,25,34)(H,26,33)(H,27,32)(H,28,35)(H,36,37)/t10-,11-,12-,15-,16-/m0/s1. The molecule has 0 saturated heterocycles. The Bertz CT molecular complexity index is 878. The summed E-state index contributed by atoms with van der Waals surface area (Å²) in [6.45, 7) is 5.43. The Kier molecular flexibility index (Phi) is 13.8. The third-order valence-corrected chi connectivity index (χ3v) is 5.09. The highest BCUT2D eigenvalue weighted by Crippen LogP contribution is 2.08. The van der Waals surface area contributed by atoms with Gasteiger partial charge >= 0.3 is 5.97 Å². The number of hydrogen-bond acceptors (Lipinski definition) is 9. The highest BCUT2D eigenvalue weighted by molar-refractivity contribution is 5.97. The first-order valence-electron chi connectivity index (χ1n) is 11.4. The molecule has 0 aromatic rings. The average molecular weight is 532 g/mol. The Morgan fingerprint density at radius 2 is 1.05 bits per heavy atom. The van der Waals surface area contributed by atoms with E-state index in [0.29, 0.717) is 0 Å². The van der Waals surface area contributed by atoms with Crippen molar-refractivity contribution >= 4 is 41.4 Å². The van der Waals surface area contributed by atoms with Gasteiger partial charge in [0, 0.05) is 0 Å². The fraction of sp³-hybridized carbons (Fsp3) is 0.667. The lowest BCUT2D eigenvalue weighted by molar-refractivity contribution is -0.143. The quantitative estimate of drug-likeness (QED) is 0.0918. The van der Waals surface area contributed by atoms with E-state index in [1.54, 1.807) is 27.7 Å². The van der Waals surface area contributed by atoms with Crippen molar-refractivity contribution in [3.63, 3.8) is 0 Å². The molecule has 0 aliphatic heterocycles. The molecule has 210 valence electrons. The van der Waals surface area contributed by atoms with Crippen molar-refractivity contribution in [1.29, 1.82) is 0 Å². The fourth-order valence-electron chi connectivity index (χ4n) is 3.01. The number of carbonyl (C=O) groups excluding carboxylic acids is 6. The lowest BCUT2D eigenvalue weighted by Gasteiger charge is -2.29. The highest BCUT2D eigenvalue weighted by atomic mass is 16.4. The highest BCUT2D eigenvalue weighted by Gasteiger charge is 2.34. The molecule has 0 aromatic heterocycles. The largest absolute Gasteiger partial charge is 0.480 e. The van der Waals surface area contributed by atoms with Crippen LogP contribution >= 0.6 is 0 Å². The molecule has 0 aromatic carbocycles. The van der Waals surface area contributed by atoms with Gasteiger partial charge in [-0.25, -0.2) is 4.79 Å². The predicted octanol–water partition coefficient (Wildman–Crippen LogP) is -4.61. The molecule has 0 aliphatic rings. The van der Waals surface area contributed by atoms with Crippen LogP contribution in [-0.2, 0) is 33.6 Å². The SMILES string of the molecule is CC(C)[C@H](NC(=O)[C@@H](NC(=O)[C@@H](N)CC(N)=O)C(C)C)C(=O)N[C@@H](CC(N)=O)C(=O)N[C@@H](CO)C(=O)O. The van der Waals surface area contributed by atoms with E-state index in [1.807, 2.05) is 5.32 Å². The van der Waals surface area contributed by atoms with Crippen LogP contribution in [0.5, 0.6) is 0 Å². The van der Waals surface area contributed by atoms with Gasteiger partial charge in [0.25, 0.3) is 0 Å². The van der Waals surface area contributed by atoms with Crippen LogP contribution in [0.15, 0.2) is 0 Å². The van der Waals surface area contributed by atoms with Gasteiger partial charge in [-0.2, -0.15) is 0 Å². The topological polar surface area (TPSA) is 286 Å². The Morgan fingerprint density at radius 3 is 1.43 bits per heavy atom. The van der Waals surface area contributed by atoms with Crippen LogP contribution in [-0.4, -0.2) is 88.4 Å². The molecule has 0 bridgehead atoms. The van der Waals surface area contributed by atoms with Crippen LogP contribution in [0.4, 0.5) is 0 Å². The molecule has 0 fully saturated rings. The zero-order valence-electron chi connectivity index (χ0n) is 21.1.